The first-order valence-corrected chi connectivity index (χ1v) is 9.43. The van der Waals surface area contributed by atoms with Crippen molar-refractivity contribution in [3.63, 3.8) is 0 Å². The van der Waals surface area contributed by atoms with Crippen molar-refractivity contribution in [3.8, 4) is 5.75 Å². The van der Waals surface area contributed by atoms with Crippen LogP contribution in [0.1, 0.15) is 12.8 Å². The molecule has 4 N–H and O–H groups in total. The number of nitrogen functional groups attached to an aromatic ring is 1. The minimum absolute atomic E-state index is 0.0589. The van der Waals surface area contributed by atoms with E-state index in [-0.39, 0.29) is 28.2 Å². The number of aromatic amines is 1. The number of nitrogens with one attached hydrogen (secondary N) is 2. The number of nitrogens with zero attached hydrogens (tertiary/aromatic N) is 1. The summed E-state index contributed by atoms with van der Waals surface area (Å²) in [4.78, 5) is 18.9. The minimum atomic E-state index is -4.06. The molecule has 0 unspecified atom stereocenters. The maximum atomic E-state index is 12.4. The molecular weight excluding hydrogens is 356 g/mol. The molecule has 0 spiro atoms. The quantitative estimate of drug-likeness (QED) is 0.466. The largest absolute Gasteiger partial charge is 0.398 e. The lowest BCUT2D eigenvalue weighted by molar-refractivity contribution is -0.117. The molecule has 0 radical (unpaired) electrons. The van der Waals surface area contributed by atoms with E-state index < -0.39 is 10.1 Å². The molecule has 1 aromatic heterocycles. The molecule has 0 atom stereocenters. The number of rotatable bonds is 5. The molecule has 1 amide bonds. The summed E-state index contributed by atoms with van der Waals surface area (Å²) >= 11 is 0. The van der Waals surface area contributed by atoms with Crippen molar-refractivity contribution >= 4 is 38.7 Å². The summed E-state index contributed by atoms with van der Waals surface area (Å²) in [6.07, 6.45) is 1.79. The van der Waals surface area contributed by atoms with Crippen molar-refractivity contribution in [3.05, 3.63) is 42.5 Å². The van der Waals surface area contributed by atoms with E-state index in [1.807, 2.05) is 0 Å². The maximum absolute atomic E-state index is 12.4. The van der Waals surface area contributed by atoms with E-state index in [0.29, 0.717) is 17.0 Å². The highest BCUT2D eigenvalue weighted by molar-refractivity contribution is 7.87. The second-order valence-electron chi connectivity index (χ2n) is 6.10. The number of benzene rings is 2. The molecule has 3 aromatic rings. The van der Waals surface area contributed by atoms with Crippen LogP contribution in [0.15, 0.2) is 47.4 Å². The van der Waals surface area contributed by atoms with Crippen LogP contribution in [0, 0.1) is 5.92 Å². The molecular formula is C17H16N4O4S. The van der Waals surface area contributed by atoms with E-state index in [1.54, 1.807) is 18.2 Å². The Balaban J connectivity index is 1.59. The normalized spacial score (nSPS) is 14.3. The fourth-order valence-electron chi connectivity index (χ4n) is 2.54. The van der Waals surface area contributed by atoms with Gasteiger partial charge in [-0.05, 0) is 37.1 Å². The molecule has 4 rings (SSSR count). The average molecular weight is 372 g/mol. The van der Waals surface area contributed by atoms with Crippen LogP contribution in [-0.4, -0.2) is 24.3 Å². The van der Waals surface area contributed by atoms with Gasteiger partial charge in [-0.1, -0.05) is 12.1 Å². The minimum Gasteiger partial charge on any atom is -0.398 e. The number of imidazole rings is 1. The van der Waals surface area contributed by atoms with Gasteiger partial charge >= 0.3 is 10.1 Å². The van der Waals surface area contributed by atoms with Crippen LogP contribution in [0.2, 0.25) is 0 Å². The summed E-state index contributed by atoms with van der Waals surface area (Å²) in [6.45, 7) is 0. The van der Waals surface area contributed by atoms with Crippen molar-refractivity contribution in [1.29, 1.82) is 0 Å². The van der Waals surface area contributed by atoms with Crippen LogP contribution in [-0.2, 0) is 14.9 Å². The lowest BCUT2D eigenvalue weighted by atomic mass is 10.3. The summed E-state index contributed by atoms with van der Waals surface area (Å²) in [7, 11) is -4.06. The zero-order valence-corrected chi connectivity index (χ0v) is 14.4. The molecule has 134 valence electrons. The van der Waals surface area contributed by atoms with E-state index >= 15 is 0 Å². The van der Waals surface area contributed by atoms with Crippen LogP contribution in [0.5, 0.6) is 5.75 Å². The summed E-state index contributed by atoms with van der Waals surface area (Å²) in [5, 5.41) is 2.71. The van der Waals surface area contributed by atoms with Gasteiger partial charge in [-0.25, -0.2) is 4.98 Å². The second kappa shape index (κ2) is 6.03. The third-order valence-corrected chi connectivity index (χ3v) is 5.36. The van der Waals surface area contributed by atoms with Crippen molar-refractivity contribution in [2.24, 2.45) is 5.92 Å². The van der Waals surface area contributed by atoms with E-state index in [2.05, 4.69) is 15.3 Å². The number of hydrogen-bond acceptors (Lipinski definition) is 6. The van der Waals surface area contributed by atoms with Gasteiger partial charge in [0.05, 0.1) is 16.7 Å². The number of nitrogens with two attached hydrogens (primary N) is 1. The molecule has 0 aliphatic heterocycles. The Kier molecular flexibility index (Phi) is 3.80. The highest BCUT2D eigenvalue weighted by atomic mass is 32.2. The summed E-state index contributed by atoms with van der Waals surface area (Å²) in [5.74, 6) is 0.430. The topological polar surface area (TPSA) is 127 Å². The summed E-state index contributed by atoms with van der Waals surface area (Å²) in [5.41, 5.74) is 6.96. The van der Waals surface area contributed by atoms with Crippen LogP contribution in [0.25, 0.3) is 11.0 Å². The Morgan fingerprint density at radius 1 is 1.23 bits per heavy atom. The molecule has 2 aromatic carbocycles. The van der Waals surface area contributed by atoms with Gasteiger partial charge < -0.3 is 14.9 Å². The SMILES string of the molecule is Nc1ccccc1S(=O)(=O)Oc1ccc2nc(NC(=O)C3CC3)[nH]c2c1. The summed E-state index contributed by atoms with van der Waals surface area (Å²) in [6, 6.07) is 10.7. The molecule has 0 bridgehead atoms. The van der Waals surface area contributed by atoms with Crippen molar-refractivity contribution in [2.75, 3.05) is 11.1 Å². The van der Waals surface area contributed by atoms with Crippen LogP contribution >= 0.6 is 0 Å². The Labute approximate surface area is 149 Å². The molecule has 26 heavy (non-hydrogen) atoms. The number of anilines is 2. The first-order chi connectivity index (χ1) is 12.4. The Hall–Kier alpha value is -3.07. The monoisotopic (exact) mass is 372 g/mol. The molecule has 1 heterocycles. The van der Waals surface area contributed by atoms with Crippen LogP contribution in [0.3, 0.4) is 0 Å². The number of amides is 1. The van der Waals surface area contributed by atoms with Gasteiger partial charge in [-0.2, -0.15) is 8.42 Å². The van der Waals surface area contributed by atoms with E-state index in [0.717, 1.165) is 12.8 Å². The lowest BCUT2D eigenvalue weighted by Gasteiger charge is -2.08. The van der Waals surface area contributed by atoms with Gasteiger partial charge in [0.1, 0.15) is 10.6 Å². The average Bonchev–Trinajstić information content (AvgIpc) is 3.36. The van der Waals surface area contributed by atoms with E-state index in [1.165, 1.54) is 24.3 Å². The number of hydrogen-bond donors (Lipinski definition) is 3. The highest BCUT2D eigenvalue weighted by Crippen LogP contribution is 2.30. The zero-order valence-electron chi connectivity index (χ0n) is 13.6. The zero-order chi connectivity index (χ0) is 18.3. The lowest BCUT2D eigenvalue weighted by Crippen LogP contribution is -2.14. The highest BCUT2D eigenvalue weighted by Gasteiger charge is 2.30. The standard InChI is InChI=1S/C17H16N4O4S/c18-12-3-1-2-4-15(12)26(23,24)25-11-7-8-13-14(9-11)20-17(19-13)21-16(22)10-5-6-10/h1-4,7-10H,5-6,18H2,(H2,19,20,21,22). The number of carbonyl (C=O) groups excluding carboxylic acids is 1. The second-order valence-corrected chi connectivity index (χ2v) is 7.62. The van der Waals surface area contributed by atoms with Gasteiger partial charge in [0, 0.05) is 12.0 Å². The van der Waals surface area contributed by atoms with E-state index in [9.17, 15) is 13.2 Å². The number of fused-ring (bicyclic) bond motifs is 1. The fourth-order valence-corrected chi connectivity index (χ4v) is 3.59. The number of carbonyl (C=O) groups is 1. The molecule has 1 fully saturated rings. The Bertz CT molecular complexity index is 1100. The Morgan fingerprint density at radius 3 is 2.73 bits per heavy atom. The third kappa shape index (κ3) is 3.21. The smallest absolute Gasteiger partial charge is 0.341 e. The molecule has 1 aliphatic rings. The maximum Gasteiger partial charge on any atom is 0.341 e. The van der Waals surface area contributed by atoms with Crippen molar-refractivity contribution < 1.29 is 17.4 Å². The first kappa shape index (κ1) is 16.4. The van der Waals surface area contributed by atoms with E-state index in [4.69, 9.17) is 9.92 Å². The van der Waals surface area contributed by atoms with Crippen LogP contribution in [0.4, 0.5) is 11.6 Å². The fraction of sp³-hybridized carbons (Fsp3) is 0.176. The van der Waals surface area contributed by atoms with Crippen molar-refractivity contribution in [2.45, 2.75) is 17.7 Å². The van der Waals surface area contributed by atoms with Gasteiger partial charge in [0.2, 0.25) is 11.9 Å². The predicted octanol–water partition coefficient (Wildman–Crippen LogP) is 2.26. The molecule has 1 aliphatic carbocycles. The van der Waals surface area contributed by atoms with Gasteiger partial charge in [-0.3, -0.25) is 10.1 Å². The Morgan fingerprint density at radius 2 is 2.00 bits per heavy atom. The molecule has 8 nitrogen and oxygen atoms in total. The van der Waals surface area contributed by atoms with Gasteiger partial charge in [0.15, 0.2) is 0 Å². The predicted molar refractivity (Wildman–Crippen MR) is 96.1 cm³/mol. The first-order valence-electron chi connectivity index (χ1n) is 8.02. The number of H-pyrrole nitrogens is 1. The van der Waals surface area contributed by atoms with Crippen molar-refractivity contribution in [1.82, 2.24) is 9.97 Å². The molecule has 0 saturated heterocycles. The molecule has 9 heteroatoms. The van der Waals surface area contributed by atoms with Crippen LogP contribution < -0.4 is 15.2 Å². The number of aromatic nitrogens is 2. The van der Waals surface area contributed by atoms with Gasteiger partial charge in [0.25, 0.3) is 0 Å². The number of para-hydroxylation sites is 1. The van der Waals surface area contributed by atoms with Gasteiger partial charge in [-0.15, -0.1) is 0 Å². The summed E-state index contributed by atoms with van der Waals surface area (Å²) < 4.78 is 30.0. The molecule has 1 saturated carbocycles. The third-order valence-electron chi connectivity index (χ3n) is 4.04.